The van der Waals surface area contributed by atoms with E-state index in [0.717, 1.165) is 4.47 Å². The number of halogens is 1. The number of carbonyl (C=O) groups excluding carboxylic acids is 2. The van der Waals surface area contributed by atoms with Crippen LogP contribution in [0, 0.1) is 0 Å². The van der Waals surface area contributed by atoms with Crippen LogP contribution in [0.5, 0.6) is 11.5 Å². The minimum absolute atomic E-state index is 0.0386. The maximum Gasteiger partial charge on any atom is 0.265 e. The van der Waals surface area contributed by atoms with Crippen LogP contribution in [0.4, 0.5) is 5.69 Å². The maximum atomic E-state index is 12.3. The van der Waals surface area contributed by atoms with E-state index in [9.17, 15) is 14.7 Å². The standard InChI is InChI=1S/C19H19BrN2O5/c1-26-14-5-2-12(3-6-14)16(23)9-21-18(24)10-22-15-7-4-13(20)8-17(15)27-11-19(22)25/h2-8,16,23H,9-11H2,1H3,(H,21,24). The molecule has 0 fully saturated rings. The zero-order valence-electron chi connectivity index (χ0n) is 14.6. The van der Waals surface area contributed by atoms with E-state index in [1.165, 1.54) is 4.90 Å². The van der Waals surface area contributed by atoms with E-state index >= 15 is 0 Å². The SMILES string of the molecule is COc1ccc(C(O)CNC(=O)CN2C(=O)COc3cc(Br)ccc32)cc1. The van der Waals surface area contributed by atoms with Crippen LogP contribution in [0.1, 0.15) is 11.7 Å². The van der Waals surface area contributed by atoms with Gasteiger partial charge in [-0.05, 0) is 35.9 Å². The summed E-state index contributed by atoms with van der Waals surface area (Å²) in [5, 5.41) is 12.9. The maximum absolute atomic E-state index is 12.3. The van der Waals surface area contributed by atoms with Crippen LogP contribution in [-0.4, -0.2) is 43.7 Å². The molecule has 1 aliphatic rings. The smallest absolute Gasteiger partial charge is 0.265 e. The van der Waals surface area contributed by atoms with Crippen molar-refractivity contribution < 1.29 is 24.2 Å². The second kappa shape index (κ2) is 8.41. The molecule has 27 heavy (non-hydrogen) atoms. The van der Waals surface area contributed by atoms with E-state index in [1.54, 1.807) is 49.6 Å². The number of anilines is 1. The topological polar surface area (TPSA) is 88.1 Å². The van der Waals surface area contributed by atoms with Gasteiger partial charge >= 0.3 is 0 Å². The van der Waals surface area contributed by atoms with Gasteiger partial charge in [0.2, 0.25) is 5.91 Å². The zero-order chi connectivity index (χ0) is 19.4. The molecule has 8 heteroatoms. The van der Waals surface area contributed by atoms with Crippen molar-refractivity contribution in [2.45, 2.75) is 6.10 Å². The highest BCUT2D eigenvalue weighted by molar-refractivity contribution is 9.10. The van der Waals surface area contributed by atoms with E-state index in [2.05, 4.69) is 21.2 Å². The average Bonchev–Trinajstić information content (AvgIpc) is 2.68. The van der Waals surface area contributed by atoms with Gasteiger partial charge in [-0.2, -0.15) is 0 Å². The fraction of sp³-hybridized carbons (Fsp3) is 0.263. The van der Waals surface area contributed by atoms with Crippen molar-refractivity contribution in [2.24, 2.45) is 0 Å². The van der Waals surface area contributed by atoms with E-state index in [-0.39, 0.29) is 31.5 Å². The quantitative estimate of drug-likeness (QED) is 0.725. The third kappa shape index (κ3) is 4.58. The van der Waals surface area contributed by atoms with Crippen LogP contribution in [0.25, 0.3) is 0 Å². The van der Waals surface area contributed by atoms with Gasteiger partial charge in [0.15, 0.2) is 6.61 Å². The second-order valence-corrected chi connectivity index (χ2v) is 6.89. The predicted molar refractivity (Wildman–Crippen MR) is 103 cm³/mol. The van der Waals surface area contributed by atoms with Crippen molar-refractivity contribution in [3.8, 4) is 11.5 Å². The minimum Gasteiger partial charge on any atom is -0.497 e. The first-order chi connectivity index (χ1) is 13.0. The lowest BCUT2D eigenvalue weighted by molar-refractivity contribution is -0.125. The minimum atomic E-state index is -0.858. The highest BCUT2D eigenvalue weighted by atomic mass is 79.9. The molecule has 0 saturated carbocycles. The van der Waals surface area contributed by atoms with Crippen molar-refractivity contribution in [2.75, 3.05) is 31.7 Å². The summed E-state index contributed by atoms with van der Waals surface area (Å²) >= 11 is 3.35. The van der Waals surface area contributed by atoms with Crippen LogP contribution in [0.2, 0.25) is 0 Å². The Balaban J connectivity index is 1.60. The Bertz CT molecular complexity index is 840. The number of ether oxygens (including phenoxy) is 2. The van der Waals surface area contributed by atoms with Crippen molar-refractivity contribution in [1.29, 1.82) is 0 Å². The Morgan fingerprint density at radius 3 is 2.78 bits per heavy atom. The fourth-order valence-corrected chi connectivity index (χ4v) is 3.05. The number of fused-ring (bicyclic) bond motifs is 1. The van der Waals surface area contributed by atoms with E-state index in [0.29, 0.717) is 22.7 Å². The number of amides is 2. The molecule has 1 aliphatic heterocycles. The Labute approximate surface area is 165 Å². The van der Waals surface area contributed by atoms with Crippen LogP contribution < -0.4 is 19.7 Å². The molecule has 2 amide bonds. The van der Waals surface area contributed by atoms with Gasteiger partial charge < -0.3 is 19.9 Å². The fourth-order valence-electron chi connectivity index (χ4n) is 2.71. The lowest BCUT2D eigenvalue weighted by Crippen LogP contribution is -2.45. The summed E-state index contributed by atoms with van der Waals surface area (Å²) in [6.45, 7) is -0.228. The Kier molecular flexibility index (Phi) is 5.98. The van der Waals surface area contributed by atoms with Crippen LogP contribution in [0.3, 0.4) is 0 Å². The molecule has 0 saturated heterocycles. The number of hydrogen-bond acceptors (Lipinski definition) is 5. The number of carbonyl (C=O) groups is 2. The first kappa shape index (κ1) is 19.2. The summed E-state index contributed by atoms with van der Waals surface area (Å²) in [5.74, 6) is 0.559. The largest absolute Gasteiger partial charge is 0.497 e. The number of aliphatic hydroxyl groups excluding tert-OH is 1. The molecule has 1 heterocycles. The van der Waals surface area contributed by atoms with Crippen LogP contribution in [0.15, 0.2) is 46.9 Å². The normalized spacial score (nSPS) is 14.2. The number of nitrogens with one attached hydrogen (secondary N) is 1. The van der Waals surface area contributed by atoms with Gasteiger partial charge in [-0.1, -0.05) is 28.1 Å². The van der Waals surface area contributed by atoms with Gasteiger partial charge in [0.25, 0.3) is 5.91 Å². The van der Waals surface area contributed by atoms with Gasteiger partial charge in [-0.15, -0.1) is 0 Å². The number of methoxy groups -OCH3 is 1. The predicted octanol–water partition coefficient (Wildman–Crippen LogP) is 2.03. The summed E-state index contributed by atoms with van der Waals surface area (Å²) in [7, 11) is 1.56. The Morgan fingerprint density at radius 2 is 2.07 bits per heavy atom. The molecular formula is C19H19BrN2O5. The Morgan fingerprint density at radius 1 is 1.33 bits per heavy atom. The van der Waals surface area contributed by atoms with Crippen molar-refractivity contribution in [1.82, 2.24) is 5.32 Å². The lowest BCUT2D eigenvalue weighted by Gasteiger charge is -2.29. The molecule has 0 aliphatic carbocycles. The highest BCUT2D eigenvalue weighted by Crippen LogP contribution is 2.34. The third-order valence-electron chi connectivity index (χ3n) is 4.16. The van der Waals surface area contributed by atoms with Crippen LogP contribution in [-0.2, 0) is 9.59 Å². The zero-order valence-corrected chi connectivity index (χ0v) is 16.2. The van der Waals surface area contributed by atoms with Crippen molar-refractivity contribution >= 4 is 33.4 Å². The molecule has 3 rings (SSSR count). The molecule has 0 spiro atoms. The molecular weight excluding hydrogens is 416 g/mol. The number of benzene rings is 2. The molecule has 2 N–H and O–H groups in total. The summed E-state index contributed by atoms with van der Waals surface area (Å²) in [6, 6.07) is 12.2. The van der Waals surface area contributed by atoms with E-state index in [1.807, 2.05) is 0 Å². The lowest BCUT2D eigenvalue weighted by atomic mass is 10.1. The summed E-state index contributed by atoms with van der Waals surface area (Å²) in [5.41, 5.74) is 1.20. The first-order valence-corrected chi connectivity index (χ1v) is 9.08. The molecule has 2 aromatic rings. The molecule has 1 atom stereocenters. The van der Waals surface area contributed by atoms with Crippen molar-refractivity contribution in [3.63, 3.8) is 0 Å². The number of nitrogens with zero attached hydrogens (tertiary/aromatic N) is 1. The second-order valence-electron chi connectivity index (χ2n) is 5.97. The molecule has 0 bridgehead atoms. The molecule has 2 aromatic carbocycles. The van der Waals surface area contributed by atoms with E-state index < -0.39 is 6.10 Å². The van der Waals surface area contributed by atoms with Gasteiger partial charge in [0.1, 0.15) is 18.0 Å². The van der Waals surface area contributed by atoms with Gasteiger partial charge in [0.05, 0.1) is 18.9 Å². The first-order valence-electron chi connectivity index (χ1n) is 8.29. The summed E-state index contributed by atoms with van der Waals surface area (Å²) < 4.78 is 11.3. The third-order valence-corrected chi connectivity index (χ3v) is 4.65. The molecule has 0 radical (unpaired) electrons. The van der Waals surface area contributed by atoms with E-state index in [4.69, 9.17) is 9.47 Å². The average molecular weight is 435 g/mol. The van der Waals surface area contributed by atoms with Gasteiger partial charge in [0, 0.05) is 11.0 Å². The number of aliphatic hydroxyl groups is 1. The molecule has 142 valence electrons. The monoisotopic (exact) mass is 434 g/mol. The van der Waals surface area contributed by atoms with Gasteiger partial charge in [-0.3, -0.25) is 14.5 Å². The Hall–Kier alpha value is -2.58. The number of rotatable bonds is 6. The number of hydrogen-bond donors (Lipinski definition) is 2. The highest BCUT2D eigenvalue weighted by Gasteiger charge is 2.27. The molecule has 0 aromatic heterocycles. The summed E-state index contributed by atoms with van der Waals surface area (Å²) in [4.78, 5) is 25.8. The summed E-state index contributed by atoms with van der Waals surface area (Å²) in [6.07, 6.45) is -0.858. The van der Waals surface area contributed by atoms with Crippen LogP contribution >= 0.6 is 15.9 Å². The molecule has 1 unspecified atom stereocenters. The molecule has 7 nitrogen and oxygen atoms in total. The van der Waals surface area contributed by atoms with Crippen molar-refractivity contribution in [3.05, 3.63) is 52.5 Å². The van der Waals surface area contributed by atoms with Gasteiger partial charge in [-0.25, -0.2) is 0 Å².